The molecule has 0 aliphatic carbocycles. The SMILES string of the molecule is COCCn1c(C(=O)N(C)Cc2c(C)nn(C)c2C)cc2oc(Br)cc21. The van der Waals surface area contributed by atoms with E-state index in [1.807, 2.05) is 36.2 Å². The van der Waals surface area contributed by atoms with E-state index in [0.29, 0.717) is 35.6 Å². The zero-order chi connectivity index (χ0) is 19.0. The third-order valence-electron chi connectivity index (χ3n) is 4.70. The topological polar surface area (TPSA) is 65.4 Å². The molecule has 0 saturated heterocycles. The van der Waals surface area contributed by atoms with E-state index in [1.165, 1.54) is 0 Å². The molecule has 3 aromatic heterocycles. The fourth-order valence-electron chi connectivity index (χ4n) is 3.16. The summed E-state index contributed by atoms with van der Waals surface area (Å²) in [6, 6.07) is 3.66. The Labute approximate surface area is 160 Å². The standard InChI is InChI=1S/C18H23BrN4O3/c1-11-13(12(2)22(4)20-11)10-21(3)18(24)15-8-16-14(9-17(19)26-16)23(15)6-7-25-5/h8-9H,6-7,10H2,1-5H3. The van der Waals surface area contributed by atoms with Gasteiger partial charge in [-0.15, -0.1) is 0 Å². The van der Waals surface area contributed by atoms with E-state index < -0.39 is 0 Å². The highest BCUT2D eigenvalue weighted by Crippen LogP contribution is 2.28. The van der Waals surface area contributed by atoms with Gasteiger partial charge in [-0.05, 0) is 29.8 Å². The molecule has 1 amide bonds. The third kappa shape index (κ3) is 3.31. The van der Waals surface area contributed by atoms with Crippen molar-refractivity contribution in [3.05, 3.63) is 39.4 Å². The summed E-state index contributed by atoms with van der Waals surface area (Å²) in [5.41, 5.74) is 5.22. The Morgan fingerprint density at radius 3 is 2.73 bits per heavy atom. The number of aromatic nitrogens is 3. The predicted molar refractivity (Wildman–Crippen MR) is 102 cm³/mol. The van der Waals surface area contributed by atoms with Crippen molar-refractivity contribution in [1.29, 1.82) is 0 Å². The van der Waals surface area contributed by atoms with Crippen LogP contribution in [0.3, 0.4) is 0 Å². The van der Waals surface area contributed by atoms with Crippen molar-refractivity contribution in [3.63, 3.8) is 0 Å². The second-order valence-electron chi connectivity index (χ2n) is 6.41. The first-order valence-electron chi connectivity index (χ1n) is 8.35. The molecule has 0 aliphatic rings. The van der Waals surface area contributed by atoms with Crippen molar-refractivity contribution in [1.82, 2.24) is 19.2 Å². The Morgan fingerprint density at radius 1 is 1.38 bits per heavy atom. The van der Waals surface area contributed by atoms with Crippen LogP contribution < -0.4 is 0 Å². The maximum absolute atomic E-state index is 13.1. The van der Waals surface area contributed by atoms with Crippen LogP contribution in [-0.4, -0.2) is 45.9 Å². The van der Waals surface area contributed by atoms with Crippen LogP contribution in [0.4, 0.5) is 0 Å². The number of hydrogen-bond donors (Lipinski definition) is 0. The average molecular weight is 423 g/mol. The van der Waals surface area contributed by atoms with Gasteiger partial charge >= 0.3 is 0 Å². The normalized spacial score (nSPS) is 11.5. The first-order chi connectivity index (χ1) is 12.3. The van der Waals surface area contributed by atoms with Crippen molar-refractivity contribution >= 4 is 32.9 Å². The molecule has 3 aromatic rings. The van der Waals surface area contributed by atoms with Crippen molar-refractivity contribution in [2.75, 3.05) is 20.8 Å². The molecule has 0 spiro atoms. The fraction of sp³-hybridized carbons (Fsp3) is 0.444. The van der Waals surface area contributed by atoms with Gasteiger partial charge in [0, 0.05) is 57.7 Å². The number of aryl methyl sites for hydroxylation is 2. The quantitative estimate of drug-likeness (QED) is 0.611. The van der Waals surface area contributed by atoms with Crippen LogP contribution in [0.2, 0.25) is 0 Å². The first-order valence-corrected chi connectivity index (χ1v) is 9.14. The number of carbonyl (C=O) groups excluding carboxylic acids is 1. The molecule has 0 fully saturated rings. The third-order valence-corrected chi connectivity index (χ3v) is 5.09. The van der Waals surface area contributed by atoms with E-state index in [0.717, 1.165) is 22.5 Å². The Bertz CT molecular complexity index is 954. The summed E-state index contributed by atoms with van der Waals surface area (Å²) in [4.78, 5) is 14.8. The van der Waals surface area contributed by atoms with E-state index in [2.05, 4.69) is 21.0 Å². The zero-order valence-electron chi connectivity index (χ0n) is 15.7. The average Bonchev–Trinajstić information content (AvgIpc) is 3.18. The maximum Gasteiger partial charge on any atom is 0.270 e. The molecule has 26 heavy (non-hydrogen) atoms. The van der Waals surface area contributed by atoms with Crippen LogP contribution in [0.1, 0.15) is 27.4 Å². The lowest BCUT2D eigenvalue weighted by atomic mass is 10.2. The zero-order valence-corrected chi connectivity index (χ0v) is 17.3. The smallest absolute Gasteiger partial charge is 0.270 e. The Kier molecular flexibility index (Phi) is 5.24. The number of ether oxygens (including phenoxy) is 1. The number of methoxy groups -OCH3 is 1. The fourth-order valence-corrected chi connectivity index (χ4v) is 3.55. The molecule has 0 unspecified atom stereocenters. The van der Waals surface area contributed by atoms with Gasteiger partial charge in [0.25, 0.3) is 5.91 Å². The van der Waals surface area contributed by atoms with Crippen LogP contribution in [-0.2, 0) is 24.9 Å². The highest BCUT2D eigenvalue weighted by Gasteiger charge is 2.23. The molecule has 0 N–H and O–H groups in total. The number of amides is 1. The molecule has 140 valence electrons. The summed E-state index contributed by atoms with van der Waals surface area (Å²) in [7, 11) is 5.36. The number of nitrogens with zero attached hydrogens (tertiary/aromatic N) is 4. The van der Waals surface area contributed by atoms with Gasteiger partial charge in [0.05, 0.1) is 17.8 Å². The molecular formula is C18H23BrN4O3. The lowest BCUT2D eigenvalue weighted by Crippen LogP contribution is -2.29. The summed E-state index contributed by atoms with van der Waals surface area (Å²) in [5.74, 6) is -0.0636. The van der Waals surface area contributed by atoms with Crippen molar-refractivity contribution < 1.29 is 13.9 Å². The minimum atomic E-state index is -0.0636. The lowest BCUT2D eigenvalue weighted by molar-refractivity contribution is 0.0772. The summed E-state index contributed by atoms with van der Waals surface area (Å²) in [6.45, 7) is 5.57. The van der Waals surface area contributed by atoms with E-state index in [4.69, 9.17) is 9.15 Å². The molecule has 3 rings (SSSR count). The van der Waals surface area contributed by atoms with Crippen molar-refractivity contribution in [2.24, 2.45) is 7.05 Å². The first kappa shape index (κ1) is 18.7. The largest absolute Gasteiger partial charge is 0.448 e. The van der Waals surface area contributed by atoms with Crippen LogP contribution in [0, 0.1) is 13.8 Å². The van der Waals surface area contributed by atoms with Gasteiger partial charge in [0.15, 0.2) is 10.3 Å². The van der Waals surface area contributed by atoms with Crippen molar-refractivity contribution in [2.45, 2.75) is 26.9 Å². The Balaban J connectivity index is 1.92. The van der Waals surface area contributed by atoms with Crippen molar-refractivity contribution in [3.8, 4) is 0 Å². The Morgan fingerprint density at radius 2 is 2.12 bits per heavy atom. The molecule has 3 heterocycles. The molecule has 0 saturated carbocycles. The van der Waals surface area contributed by atoms with E-state index >= 15 is 0 Å². The molecule has 8 heteroatoms. The minimum absolute atomic E-state index is 0.0636. The van der Waals surface area contributed by atoms with Gasteiger partial charge in [-0.1, -0.05) is 0 Å². The summed E-state index contributed by atoms with van der Waals surface area (Å²) >= 11 is 3.34. The number of halogens is 1. The van der Waals surface area contributed by atoms with Gasteiger partial charge in [-0.25, -0.2) is 0 Å². The van der Waals surface area contributed by atoms with Gasteiger partial charge in [-0.3, -0.25) is 9.48 Å². The molecule has 0 radical (unpaired) electrons. The van der Waals surface area contributed by atoms with Crippen LogP contribution in [0.15, 0.2) is 21.2 Å². The van der Waals surface area contributed by atoms with Crippen LogP contribution in [0.25, 0.3) is 11.1 Å². The van der Waals surface area contributed by atoms with Gasteiger partial charge in [0.2, 0.25) is 0 Å². The number of furan rings is 1. The maximum atomic E-state index is 13.1. The molecule has 7 nitrogen and oxygen atoms in total. The Hall–Kier alpha value is -2.06. The minimum Gasteiger partial charge on any atom is -0.448 e. The van der Waals surface area contributed by atoms with Crippen LogP contribution in [0.5, 0.6) is 0 Å². The summed E-state index contributed by atoms with van der Waals surface area (Å²) in [5, 5.41) is 4.43. The predicted octanol–water partition coefficient (Wildman–Crippen LogP) is 3.27. The van der Waals surface area contributed by atoms with E-state index in [-0.39, 0.29) is 5.91 Å². The van der Waals surface area contributed by atoms with E-state index in [1.54, 1.807) is 25.1 Å². The summed E-state index contributed by atoms with van der Waals surface area (Å²) < 4.78 is 15.2. The summed E-state index contributed by atoms with van der Waals surface area (Å²) in [6.07, 6.45) is 0. The highest BCUT2D eigenvalue weighted by molar-refractivity contribution is 9.10. The van der Waals surface area contributed by atoms with Crippen LogP contribution >= 0.6 is 15.9 Å². The number of hydrogen-bond acceptors (Lipinski definition) is 4. The van der Waals surface area contributed by atoms with Gasteiger partial charge in [-0.2, -0.15) is 5.10 Å². The molecule has 0 atom stereocenters. The highest BCUT2D eigenvalue weighted by atomic mass is 79.9. The molecule has 0 bridgehead atoms. The molecule has 0 aliphatic heterocycles. The molecular weight excluding hydrogens is 400 g/mol. The number of rotatable bonds is 6. The second-order valence-corrected chi connectivity index (χ2v) is 7.19. The number of fused-ring (bicyclic) bond motifs is 1. The monoisotopic (exact) mass is 422 g/mol. The lowest BCUT2D eigenvalue weighted by Gasteiger charge is -2.19. The van der Waals surface area contributed by atoms with Gasteiger partial charge in [0.1, 0.15) is 5.69 Å². The second kappa shape index (κ2) is 7.28. The van der Waals surface area contributed by atoms with Gasteiger partial charge < -0.3 is 18.6 Å². The van der Waals surface area contributed by atoms with E-state index in [9.17, 15) is 4.79 Å². The molecule has 0 aromatic carbocycles. The number of carbonyl (C=O) groups is 1.